The third kappa shape index (κ3) is 3.43. The first kappa shape index (κ1) is 14.5. The average molecular weight is 293 g/mol. The third-order valence-corrected chi connectivity index (χ3v) is 3.72. The van der Waals surface area contributed by atoms with Crippen molar-refractivity contribution in [1.82, 2.24) is 4.90 Å². The molecule has 0 radical (unpaired) electrons. The molecule has 0 unspecified atom stereocenters. The van der Waals surface area contributed by atoms with E-state index in [1.54, 1.807) is 0 Å². The number of nitrogens with zero attached hydrogens (tertiary/aromatic N) is 1. The zero-order chi connectivity index (χ0) is 15.2. The second kappa shape index (κ2) is 7.05. The van der Waals surface area contributed by atoms with Crippen LogP contribution in [0.3, 0.4) is 0 Å². The molecule has 1 saturated heterocycles. The molecule has 112 valence electrons. The van der Waals surface area contributed by atoms with Gasteiger partial charge < -0.3 is 9.64 Å². The molecule has 0 aromatic heterocycles. The number of ketones is 1. The Labute approximate surface area is 130 Å². The molecule has 22 heavy (non-hydrogen) atoms. The minimum atomic E-state index is 0.0614. The van der Waals surface area contributed by atoms with Crippen LogP contribution >= 0.6 is 0 Å². The van der Waals surface area contributed by atoms with Gasteiger partial charge >= 0.3 is 0 Å². The zero-order valence-electron chi connectivity index (χ0n) is 12.4. The topological polar surface area (TPSA) is 29.5 Å². The highest BCUT2D eigenvalue weighted by atomic mass is 16.5. The van der Waals surface area contributed by atoms with Crippen LogP contribution < -0.4 is 0 Å². The van der Waals surface area contributed by atoms with Crippen LogP contribution in [-0.4, -0.2) is 37.0 Å². The van der Waals surface area contributed by atoms with Gasteiger partial charge in [-0.05, 0) is 11.6 Å². The van der Waals surface area contributed by atoms with Crippen molar-refractivity contribution < 1.29 is 9.53 Å². The number of benzene rings is 2. The number of ether oxygens (including phenoxy) is 1. The highest BCUT2D eigenvalue weighted by Crippen LogP contribution is 2.18. The number of carbonyl (C=O) groups is 1. The molecule has 1 aliphatic rings. The lowest BCUT2D eigenvalue weighted by molar-refractivity contribution is 0.0512. The summed E-state index contributed by atoms with van der Waals surface area (Å²) in [4.78, 5) is 15.0. The molecule has 2 aromatic rings. The predicted molar refractivity (Wildman–Crippen MR) is 87.6 cm³/mol. The Morgan fingerprint density at radius 3 is 2.14 bits per heavy atom. The molecule has 2 aromatic carbocycles. The van der Waals surface area contributed by atoms with E-state index in [9.17, 15) is 4.79 Å². The average Bonchev–Trinajstić information content (AvgIpc) is 2.61. The monoisotopic (exact) mass is 293 g/mol. The molecular weight excluding hydrogens is 274 g/mol. The predicted octanol–water partition coefficient (Wildman–Crippen LogP) is 3.24. The molecule has 0 amide bonds. The van der Waals surface area contributed by atoms with Gasteiger partial charge in [-0.3, -0.25) is 4.79 Å². The summed E-state index contributed by atoms with van der Waals surface area (Å²) in [5.41, 5.74) is 2.49. The Morgan fingerprint density at radius 1 is 0.909 bits per heavy atom. The number of hydrogen-bond donors (Lipinski definition) is 0. The summed E-state index contributed by atoms with van der Waals surface area (Å²) in [6, 6.07) is 19.4. The van der Waals surface area contributed by atoms with E-state index in [2.05, 4.69) is 4.90 Å². The number of allylic oxidation sites excluding steroid dienone is 1. The van der Waals surface area contributed by atoms with Gasteiger partial charge in [0.25, 0.3) is 0 Å². The lowest BCUT2D eigenvalue weighted by Gasteiger charge is -2.30. The van der Waals surface area contributed by atoms with Crippen molar-refractivity contribution in [2.45, 2.75) is 0 Å². The van der Waals surface area contributed by atoms with Gasteiger partial charge in [-0.25, -0.2) is 0 Å². The number of carbonyl (C=O) groups excluding carboxylic acids is 1. The van der Waals surface area contributed by atoms with Crippen molar-refractivity contribution in [3.63, 3.8) is 0 Å². The normalized spacial score (nSPS) is 15.6. The first-order valence-electron chi connectivity index (χ1n) is 7.54. The molecule has 3 heteroatoms. The molecule has 3 nitrogen and oxygen atoms in total. The number of Topliss-reactive ketones (excluding diaryl/α,β-unsaturated/α-hetero) is 1. The lowest BCUT2D eigenvalue weighted by atomic mass is 10.0. The second-order valence-electron chi connectivity index (χ2n) is 5.23. The summed E-state index contributed by atoms with van der Waals surface area (Å²) in [7, 11) is 0. The van der Waals surface area contributed by atoms with Crippen LogP contribution in [0.5, 0.6) is 0 Å². The molecule has 3 rings (SSSR count). The quantitative estimate of drug-likeness (QED) is 0.640. The Bertz CT molecular complexity index is 644. The molecule has 0 spiro atoms. The Balaban J connectivity index is 1.95. The summed E-state index contributed by atoms with van der Waals surface area (Å²) >= 11 is 0. The fourth-order valence-corrected chi connectivity index (χ4v) is 2.55. The van der Waals surface area contributed by atoms with E-state index in [1.165, 1.54) is 0 Å². The summed E-state index contributed by atoms with van der Waals surface area (Å²) < 4.78 is 5.41. The van der Waals surface area contributed by atoms with E-state index >= 15 is 0 Å². The standard InChI is InChI=1S/C19H19NO2/c21-19(17-9-5-2-6-10-17)18(20-11-13-22-14-12-20)15-16-7-3-1-4-8-16/h1-10,15H,11-14H2/b18-15+. The fraction of sp³-hybridized carbons (Fsp3) is 0.211. The van der Waals surface area contributed by atoms with Gasteiger partial charge in [0.1, 0.15) is 0 Å². The van der Waals surface area contributed by atoms with Gasteiger partial charge in [-0.15, -0.1) is 0 Å². The van der Waals surface area contributed by atoms with Crippen molar-refractivity contribution >= 4 is 11.9 Å². The van der Waals surface area contributed by atoms with E-state index in [0.717, 1.165) is 29.9 Å². The lowest BCUT2D eigenvalue weighted by Crippen LogP contribution is -2.38. The zero-order valence-corrected chi connectivity index (χ0v) is 12.4. The van der Waals surface area contributed by atoms with Crippen LogP contribution in [0.2, 0.25) is 0 Å². The summed E-state index contributed by atoms with van der Waals surface area (Å²) in [5, 5.41) is 0. The molecular formula is C19H19NO2. The minimum absolute atomic E-state index is 0.0614. The minimum Gasteiger partial charge on any atom is -0.378 e. The first-order valence-corrected chi connectivity index (χ1v) is 7.54. The van der Waals surface area contributed by atoms with Crippen LogP contribution in [0.4, 0.5) is 0 Å². The fourth-order valence-electron chi connectivity index (χ4n) is 2.55. The van der Waals surface area contributed by atoms with E-state index in [-0.39, 0.29) is 5.78 Å². The van der Waals surface area contributed by atoms with Crippen molar-refractivity contribution in [3.8, 4) is 0 Å². The maximum absolute atomic E-state index is 12.9. The van der Waals surface area contributed by atoms with Gasteiger partial charge in [0, 0.05) is 18.7 Å². The van der Waals surface area contributed by atoms with Crippen LogP contribution in [0.25, 0.3) is 6.08 Å². The number of morpholine rings is 1. The van der Waals surface area contributed by atoms with Gasteiger partial charge in [0.05, 0.1) is 18.9 Å². The maximum Gasteiger partial charge on any atom is 0.209 e. The van der Waals surface area contributed by atoms with Crippen LogP contribution in [0.1, 0.15) is 15.9 Å². The molecule has 1 heterocycles. The summed E-state index contributed by atoms with van der Waals surface area (Å²) in [5.74, 6) is 0.0614. The van der Waals surface area contributed by atoms with Crippen molar-refractivity contribution in [2.24, 2.45) is 0 Å². The highest BCUT2D eigenvalue weighted by molar-refractivity contribution is 6.10. The molecule has 1 fully saturated rings. The third-order valence-electron chi connectivity index (χ3n) is 3.72. The summed E-state index contributed by atoms with van der Waals surface area (Å²) in [6.45, 7) is 2.82. The maximum atomic E-state index is 12.9. The number of hydrogen-bond acceptors (Lipinski definition) is 3. The van der Waals surface area contributed by atoms with Crippen molar-refractivity contribution in [2.75, 3.05) is 26.3 Å². The smallest absolute Gasteiger partial charge is 0.209 e. The molecule has 0 atom stereocenters. The van der Waals surface area contributed by atoms with E-state index in [4.69, 9.17) is 4.74 Å². The van der Waals surface area contributed by atoms with Gasteiger partial charge in [0.15, 0.2) is 0 Å². The Morgan fingerprint density at radius 2 is 1.50 bits per heavy atom. The summed E-state index contributed by atoms with van der Waals surface area (Å²) in [6.07, 6.45) is 1.97. The van der Waals surface area contributed by atoms with Crippen molar-refractivity contribution in [1.29, 1.82) is 0 Å². The molecule has 0 aliphatic carbocycles. The molecule has 1 aliphatic heterocycles. The highest BCUT2D eigenvalue weighted by Gasteiger charge is 2.21. The Hall–Kier alpha value is -2.39. The van der Waals surface area contributed by atoms with E-state index in [0.29, 0.717) is 13.2 Å². The number of rotatable bonds is 4. The largest absolute Gasteiger partial charge is 0.378 e. The van der Waals surface area contributed by atoms with E-state index in [1.807, 2.05) is 66.7 Å². The molecule has 0 bridgehead atoms. The Kier molecular flexibility index (Phi) is 4.66. The van der Waals surface area contributed by atoms with E-state index < -0.39 is 0 Å². The van der Waals surface area contributed by atoms with Crippen LogP contribution in [0.15, 0.2) is 66.4 Å². The van der Waals surface area contributed by atoms with Crippen molar-refractivity contribution in [3.05, 3.63) is 77.5 Å². The molecule has 0 N–H and O–H groups in total. The molecule has 0 saturated carbocycles. The SMILES string of the molecule is O=C(/C(=C\c1ccccc1)N1CCOCC1)c1ccccc1. The second-order valence-corrected chi connectivity index (χ2v) is 5.23. The van der Waals surface area contributed by atoms with Gasteiger partial charge in [-0.1, -0.05) is 60.7 Å². The van der Waals surface area contributed by atoms with Gasteiger partial charge in [-0.2, -0.15) is 0 Å². The first-order chi connectivity index (χ1) is 10.8. The van der Waals surface area contributed by atoms with Gasteiger partial charge in [0.2, 0.25) is 5.78 Å². The van der Waals surface area contributed by atoms with Crippen LogP contribution in [0, 0.1) is 0 Å². The van der Waals surface area contributed by atoms with Crippen LogP contribution in [-0.2, 0) is 4.74 Å².